The van der Waals surface area contributed by atoms with E-state index in [1.807, 2.05) is 85.1 Å². The molecule has 9 rings (SSSR count). The summed E-state index contributed by atoms with van der Waals surface area (Å²) >= 11 is 0. The first kappa shape index (κ1) is 28.5. The Balaban J connectivity index is 1.26. The third kappa shape index (κ3) is 5.33. The molecular weight excluding hydrogens is 601 g/mol. The van der Waals surface area contributed by atoms with Gasteiger partial charge in [0.05, 0.1) is 0 Å². The second-order valence-electron chi connectivity index (χ2n) is 11.9. The summed E-state index contributed by atoms with van der Waals surface area (Å²) in [4.78, 5) is 19.3. The van der Waals surface area contributed by atoms with Crippen LogP contribution >= 0.6 is 0 Å². The van der Waals surface area contributed by atoms with Gasteiger partial charge in [-0.1, -0.05) is 140 Å². The smallest absolute Gasteiger partial charge is 0.164 e. The number of pyridine rings is 1. The van der Waals surface area contributed by atoms with E-state index in [2.05, 4.69) is 83.8 Å². The second kappa shape index (κ2) is 12.1. The van der Waals surface area contributed by atoms with Crippen molar-refractivity contribution in [2.45, 2.75) is 0 Å². The van der Waals surface area contributed by atoms with Crippen molar-refractivity contribution in [1.82, 2.24) is 19.9 Å². The van der Waals surface area contributed by atoms with Crippen molar-refractivity contribution >= 4 is 21.9 Å². The fraction of sp³-hybridized carbons (Fsp3) is 0. The van der Waals surface area contributed by atoms with Crippen molar-refractivity contribution in [3.05, 3.63) is 170 Å². The van der Waals surface area contributed by atoms with Crippen molar-refractivity contribution in [1.29, 1.82) is 0 Å². The van der Waals surface area contributed by atoms with Crippen LogP contribution in [-0.2, 0) is 0 Å². The zero-order valence-electron chi connectivity index (χ0n) is 26.4. The Labute approximate surface area is 283 Å². The standard InChI is InChI=1S/C44H28N4O/c1-3-11-31(12-4-1)42-46-43(32-13-5-2-6-14-32)48-44(47-42)33-24-25-35(30-22-20-29(21-23-30)34-15-10-26-45-28-34)39(27-33)38-18-9-17-37-36-16-7-8-19-40(36)49-41(37)38/h1-28H. The Morgan fingerprint density at radius 2 is 0.959 bits per heavy atom. The molecule has 5 nitrogen and oxygen atoms in total. The van der Waals surface area contributed by atoms with Crippen LogP contribution in [0.25, 0.3) is 89.5 Å². The molecule has 0 spiro atoms. The van der Waals surface area contributed by atoms with Crippen LogP contribution in [0.2, 0.25) is 0 Å². The van der Waals surface area contributed by atoms with E-state index in [0.29, 0.717) is 17.5 Å². The number of para-hydroxylation sites is 2. The number of benzene rings is 6. The monoisotopic (exact) mass is 628 g/mol. The third-order valence-corrected chi connectivity index (χ3v) is 8.86. The van der Waals surface area contributed by atoms with Gasteiger partial charge >= 0.3 is 0 Å². The van der Waals surface area contributed by atoms with E-state index < -0.39 is 0 Å². The van der Waals surface area contributed by atoms with Crippen LogP contribution in [0.4, 0.5) is 0 Å². The van der Waals surface area contributed by atoms with E-state index in [4.69, 9.17) is 19.4 Å². The normalized spacial score (nSPS) is 11.3. The molecule has 0 amide bonds. The lowest BCUT2D eigenvalue weighted by Crippen LogP contribution is -2.00. The summed E-state index contributed by atoms with van der Waals surface area (Å²) < 4.78 is 6.56. The fourth-order valence-corrected chi connectivity index (χ4v) is 6.43. The van der Waals surface area contributed by atoms with E-state index in [-0.39, 0.29) is 0 Å². The van der Waals surface area contributed by atoms with Crippen LogP contribution in [0.15, 0.2) is 175 Å². The van der Waals surface area contributed by atoms with E-state index in [1.165, 1.54) is 0 Å². The molecule has 3 aromatic heterocycles. The van der Waals surface area contributed by atoms with Gasteiger partial charge in [0.25, 0.3) is 0 Å². The predicted octanol–water partition coefficient (Wildman–Crippen LogP) is 11.2. The Morgan fingerprint density at radius 3 is 1.65 bits per heavy atom. The third-order valence-electron chi connectivity index (χ3n) is 8.86. The summed E-state index contributed by atoms with van der Waals surface area (Å²) in [5, 5.41) is 2.17. The maximum atomic E-state index is 6.56. The Bertz CT molecular complexity index is 2520. The average Bonchev–Trinajstić information content (AvgIpc) is 3.58. The Morgan fingerprint density at radius 1 is 0.367 bits per heavy atom. The highest BCUT2D eigenvalue weighted by atomic mass is 16.3. The van der Waals surface area contributed by atoms with E-state index in [1.54, 1.807) is 6.20 Å². The largest absolute Gasteiger partial charge is 0.455 e. The quantitative estimate of drug-likeness (QED) is 0.183. The molecule has 0 aliphatic carbocycles. The Hall–Kier alpha value is -6.72. The van der Waals surface area contributed by atoms with Gasteiger partial charge < -0.3 is 4.42 Å². The van der Waals surface area contributed by atoms with Crippen molar-refractivity contribution in [3.8, 4) is 67.5 Å². The van der Waals surface area contributed by atoms with Gasteiger partial charge in [-0.25, -0.2) is 15.0 Å². The van der Waals surface area contributed by atoms with Gasteiger partial charge in [0.1, 0.15) is 11.2 Å². The first-order valence-electron chi connectivity index (χ1n) is 16.2. The van der Waals surface area contributed by atoms with Gasteiger partial charge in [0, 0.05) is 45.4 Å². The summed E-state index contributed by atoms with van der Waals surface area (Å²) in [6, 6.07) is 53.8. The van der Waals surface area contributed by atoms with Crippen LogP contribution in [-0.4, -0.2) is 19.9 Å². The van der Waals surface area contributed by atoms with Gasteiger partial charge in [-0.05, 0) is 46.0 Å². The number of nitrogens with zero attached hydrogens (tertiary/aromatic N) is 4. The molecule has 0 aliphatic rings. The highest BCUT2D eigenvalue weighted by Gasteiger charge is 2.19. The second-order valence-corrected chi connectivity index (χ2v) is 11.9. The summed E-state index contributed by atoms with van der Waals surface area (Å²) in [5.41, 5.74) is 10.8. The number of hydrogen-bond donors (Lipinski definition) is 0. The van der Waals surface area contributed by atoms with E-state index in [0.717, 1.165) is 72.0 Å². The molecule has 0 saturated carbocycles. The van der Waals surface area contributed by atoms with Crippen LogP contribution in [0.3, 0.4) is 0 Å². The molecule has 0 unspecified atom stereocenters. The maximum absolute atomic E-state index is 6.56. The van der Waals surface area contributed by atoms with Gasteiger partial charge in [-0.3, -0.25) is 4.98 Å². The summed E-state index contributed by atoms with van der Waals surface area (Å²) in [6.45, 7) is 0. The highest BCUT2D eigenvalue weighted by molar-refractivity contribution is 6.10. The summed E-state index contributed by atoms with van der Waals surface area (Å²) in [7, 11) is 0. The zero-order valence-corrected chi connectivity index (χ0v) is 26.4. The molecule has 0 aliphatic heterocycles. The van der Waals surface area contributed by atoms with Crippen molar-refractivity contribution in [2.24, 2.45) is 0 Å². The lowest BCUT2D eigenvalue weighted by Gasteiger charge is -2.14. The van der Waals surface area contributed by atoms with Crippen LogP contribution in [0, 0.1) is 0 Å². The lowest BCUT2D eigenvalue weighted by atomic mass is 9.91. The predicted molar refractivity (Wildman–Crippen MR) is 198 cm³/mol. The molecule has 0 fully saturated rings. The van der Waals surface area contributed by atoms with E-state index >= 15 is 0 Å². The van der Waals surface area contributed by atoms with Gasteiger partial charge in [0.15, 0.2) is 17.5 Å². The zero-order chi connectivity index (χ0) is 32.6. The molecule has 6 aromatic carbocycles. The molecule has 0 radical (unpaired) electrons. The number of rotatable bonds is 6. The summed E-state index contributed by atoms with van der Waals surface area (Å²) in [6.07, 6.45) is 3.68. The number of fused-ring (bicyclic) bond motifs is 3. The molecule has 230 valence electrons. The summed E-state index contributed by atoms with van der Waals surface area (Å²) in [5.74, 6) is 1.85. The van der Waals surface area contributed by atoms with Gasteiger partial charge in [-0.2, -0.15) is 0 Å². The molecule has 0 saturated heterocycles. The molecule has 0 atom stereocenters. The molecule has 49 heavy (non-hydrogen) atoms. The first-order valence-corrected chi connectivity index (χ1v) is 16.2. The SMILES string of the molecule is c1ccc(-c2nc(-c3ccccc3)nc(-c3ccc(-c4ccc(-c5cccnc5)cc4)c(-c4cccc5c4oc4ccccc45)c3)n2)cc1. The van der Waals surface area contributed by atoms with Gasteiger partial charge in [0.2, 0.25) is 0 Å². The molecular formula is C44H28N4O. The van der Waals surface area contributed by atoms with Crippen molar-refractivity contribution in [3.63, 3.8) is 0 Å². The minimum Gasteiger partial charge on any atom is -0.455 e. The molecule has 0 bridgehead atoms. The van der Waals surface area contributed by atoms with Gasteiger partial charge in [-0.15, -0.1) is 0 Å². The lowest BCUT2D eigenvalue weighted by molar-refractivity contribution is 0.670. The molecule has 3 heterocycles. The topological polar surface area (TPSA) is 64.7 Å². The van der Waals surface area contributed by atoms with Crippen LogP contribution < -0.4 is 0 Å². The van der Waals surface area contributed by atoms with Crippen molar-refractivity contribution in [2.75, 3.05) is 0 Å². The fourth-order valence-electron chi connectivity index (χ4n) is 6.43. The van der Waals surface area contributed by atoms with Crippen LogP contribution in [0.1, 0.15) is 0 Å². The molecule has 5 heteroatoms. The Kier molecular flexibility index (Phi) is 7.06. The molecule has 9 aromatic rings. The van der Waals surface area contributed by atoms with E-state index in [9.17, 15) is 0 Å². The molecule has 0 N–H and O–H groups in total. The number of hydrogen-bond acceptors (Lipinski definition) is 5. The van der Waals surface area contributed by atoms with Crippen LogP contribution in [0.5, 0.6) is 0 Å². The minimum atomic E-state index is 0.601. The first-order chi connectivity index (χ1) is 24.3. The minimum absolute atomic E-state index is 0.601. The number of furan rings is 1. The maximum Gasteiger partial charge on any atom is 0.164 e. The highest BCUT2D eigenvalue weighted by Crippen LogP contribution is 2.42. The number of aromatic nitrogens is 4. The van der Waals surface area contributed by atoms with Crippen molar-refractivity contribution < 1.29 is 4.42 Å². The average molecular weight is 629 g/mol.